The molecule has 2 nitrogen and oxygen atoms in total. The summed E-state index contributed by atoms with van der Waals surface area (Å²) in [5, 5.41) is 3.86. The zero-order valence-corrected chi connectivity index (χ0v) is 12.0. The van der Waals surface area contributed by atoms with Crippen LogP contribution in [0.5, 0.6) is 0 Å². The summed E-state index contributed by atoms with van der Waals surface area (Å²) in [6, 6.07) is 1.32. The van der Waals surface area contributed by atoms with Gasteiger partial charge < -0.3 is 10.1 Å². The number of hydrogen-bond acceptors (Lipinski definition) is 2. The molecule has 1 N–H and O–H groups in total. The Kier molecular flexibility index (Phi) is 4.14. The van der Waals surface area contributed by atoms with Crippen molar-refractivity contribution in [3.63, 3.8) is 0 Å². The maximum atomic E-state index is 5.95. The summed E-state index contributed by atoms with van der Waals surface area (Å²) in [4.78, 5) is 0. The zero-order valence-electron chi connectivity index (χ0n) is 12.0. The highest BCUT2D eigenvalue weighted by Crippen LogP contribution is 2.51. The quantitative estimate of drug-likeness (QED) is 0.794. The van der Waals surface area contributed by atoms with Crippen molar-refractivity contribution in [2.24, 2.45) is 11.3 Å². The molecule has 4 unspecified atom stereocenters. The van der Waals surface area contributed by atoms with Gasteiger partial charge in [0.25, 0.3) is 0 Å². The summed E-state index contributed by atoms with van der Waals surface area (Å²) >= 11 is 0. The van der Waals surface area contributed by atoms with Gasteiger partial charge in [-0.3, -0.25) is 0 Å². The van der Waals surface area contributed by atoms with Crippen molar-refractivity contribution >= 4 is 0 Å². The van der Waals surface area contributed by atoms with E-state index in [1.165, 1.54) is 32.1 Å². The van der Waals surface area contributed by atoms with Gasteiger partial charge in [-0.05, 0) is 26.2 Å². The average Bonchev–Trinajstić information content (AvgIpc) is 2.33. The molecule has 100 valence electrons. The summed E-state index contributed by atoms with van der Waals surface area (Å²) in [6.45, 7) is 10.3. The molecule has 0 bridgehead atoms. The second-order valence-electron chi connectivity index (χ2n) is 6.61. The molecule has 0 aromatic rings. The maximum absolute atomic E-state index is 5.95. The fourth-order valence-corrected chi connectivity index (χ4v) is 3.76. The lowest BCUT2D eigenvalue weighted by Gasteiger charge is -2.60. The van der Waals surface area contributed by atoms with E-state index in [1.54, 1.807) is 0 Å². The van der Waals surface area contributed by atoms with E-state index in [0.29, 0.717) is 23.6 Å². The third kappa shape index (κ3) is 2.53. The van der Waals surface area contributed by atoms with Crippen LogP contribution in [0.4, 0.5) is 0 Å². The molecule has 2 heteroatoms. The van der Waals surface area contributed by atoms with Crippen LogP contribution in [-0.2, 0) is 4.74 Å². The van der Waals surface area contributed by atoms with Crippen molar-refractivity contribution in [2.75, 3.05) is 6.61 Å². The van der Waals surface area contributed by atoms with Gasteiger partial charge in [-0.2, -0.15) is 0 Å². The Morgan fingerprint density at radius 1 is 1.41 bits per heavy atom. The van der Waals surface area contributed by atoms with Crippen LogP contribution in [-0.4, -0.2) is 24.8 Å². The van der Waals surface area contributed by atoms with E-state index < -0.39 is 0 Å². The van der Waals surface area contributed by atoms with E-state index in [2.05, 4.69) is 33.0 Å². The van der Waals surface area contributed by atoms with Crippen LogP contribution >= 0.6 is 0 Å². The molecule has 1 heterocycles. The molecule has 0 aromatic carbocycles. The van der Waals surface area contributed by atoms with Gasteiger partial charge in [0.05, 0.1) is 6.10 Å². The molecule has 4 atom stereocenters. The van der Waals surface area contributed by atoms with Gasteiger partial charge in [0.15, 0.2) is 0 Å². The van der Waals surface area contributed by atoms with Crippen LogP contribution in [0.3, 0.4) is 0 Å². The lowest BCUT2D eigenvalue weighted by molar-refractivity contribution is -0.194. The number of nitrogens with one attached hydrogen (secondary N) is 1. The van der Waals surface area contributed by atoms with Crippen molar-refractivity contribution in [1.82, 2.24) is 5.32 Å². The van der Waals surface area contributed by atoms with Crippen LogP contribution in [0.15, 0.2) is 0 Å². The molecule has 0 amide bonds. The third-order valence-electron chi connectivity index (χ3n) is 4.79. The Hall–Kier alpha value is -0.0800. The fraction of sp³-hybridized carbons (Fsp3) is 1.00. The molecule has 2 rings (SSSR count). The van der Waals surface area contributed by atoms with Gasteiger partial charge in [0, 0.05) is 30.0 Å². The Labute approximate surface area is 107 Å². The number of ether oxygens (including phenoxy) is 1. The minimum atomic E-state index is 0.325. The molecule has 2 aliphatic rings. The van der Waals surface area contributed by atoms with Crippen molar-refractivity contribution in [3.8, 4) is 0 Å². The van der Waals surface area contributed by atoms with Crippen LogP contribution in [0.2, 0.25) is 0 Å². The number of fused-ring (bicyclic) bond motifs is 1. The van der Waals surface area contributed by atoms with Crippen LogP contribution < -0.4 is 5.32 Å². The molecule has 17 heavy (non-hydrogen) atoms. The predicted octanol–water partition coefficient (Wildman–Crippen LogP) is 3.36. The third-order valence-corrected chi connectivity index (χ3v) is 4.79. The summed E-state index contributed by atoms with van der Waals surface area (Å²) in [5.41, 5.74) is 0.325. The molecule has 0 aromatic heterocycles. The molecule has 2 fully saturated rings. The van der Waals surface area contributed by atoms with E-state index in [4.69, 9.17) is 4.74 Å². The Bertz CT molecular complexity index is 251. The van der Waals surface area contributed by atoms with Crippen molar-refractivity contribution < 1.29 is 4.74 Å². The minimum Gasteiger partial charge on any atom is -0.377 e. The first-order valence-corrected chi connectivity index (χ1v) is 7.45. The molecule has 1 saturated heterocycles. The molecule has 0 radical (unpaired) electrons. The number of rotatable bonds is 5. The second kappa shape index (κ2) is 5.27. The first-order valence-electron chi connectivity index (χ1n) is 7.45. The van der Waals surface area contributed by atoms with E-state index in [0.717, 1.165) is 12.5 Å². The standard InChI is InChI=1S/C15H29NO/c1-5-6-8-11(2)16-13-12-9-7-10-17-14(12)15(13,3)4/h11-14,16H,5-10H2,1-4H3. The van der Waals surface area contributed by atoms with Gasteiger partial charge in [0.2, 0.25) is 0 Å². The molecular formula is C15H29NO. The SMILES string of the molecule is CCCCC(C)NC1C2CCCOC2C1(C)C. The van der Waals surface area contributed by atoms with E-state index in [-0.39, 0.29) is 0 Å². The van der Waals surface area contributed by atoms with Gasteiger partial charge in [-0.25, -0.2) is 0 Å². The number of hydrogen-bond donors (Lipinski definition) is 1. The molecule has 1 saturated carbocycles. The lowest BCUT2D eigenvalue weighted by Crippen LogP contribution is -2.70. The maximum Gasteiger partial charge on any atom is 0.0684 e. The Morgan fingerprint density at radius 2 is 2.18 bits per heavy atom. The fourth-order valence-electron chi connectivity index (χ4n) is 3.76. The Morgan fingerprint density at radius 3 is 2.88 bits per heavy atom. The Balaban J connectivity index is 1.87. The van der Waals surface area contributed by atoms with Crippen molar-refractivity contribution in [1.29, 1.82) is 0 Å². The van der Waals surface area contributed by atoms with E-state index in [1.807, 2.05) is 0 Å². The van der Waals surface area contributed by atoms with E-state index in [9.17, 15) is 0 Å². The normalized spacial score (nSPS) is 37.1. The molecular weight excluding hydrogens is 210 g/mol. The topological polar surface area (TPSA) is 21.3 Å². The monoisotopic (exact) mass is 239 g/mol. The highest BCUT2D eigenvalue weighted by atomic mass is 16.5. The van der Waals surface area contributed by atoms with Crippen LogP contribution in [0.1, 0.15) is 59.8 Å². The summed E-state index contributed by atoms with van der Waals surface area (Å²) in [6.07, 6.45) is 7.06. The van der Waals surface area contributed by atoms with Gasteiger partial charge in [-0.15, -0.1) is 0 Å². The molecule has 1 aliphatic heterocycles. The highest BCUT2D eigenvalue weighted by Gasteiger charge is 2.57. The lowest BCUT2D eigenvalue weighted by atomic mass is 9.55. The van der Waals surface area contributed by atoms with Crippen LogP contribution in [0, 0.1) is 11.3 Å². The van der Waals surface area contributed by atoms with Crippen molar-refractivity contribution in [2.45, 2.75) is 78.0 Å². The molecule has 0 spiro atoms. The first kappa shape index (κ1) is 13.4. The molecule has 1 aliphatic carbocycles. The number of unbranched alkanes of at least 4 members (excludes halogenated alkanes) is 1. The van der Waals surface area contributed by atoms with Crippen molar-refractivity contribution in [3.05, 3.63) is 0 Å². The van der Waals surface area contributed by atoms with Gasteiger partial charge >= 0.3 is 0 Å². The van der Waals surface area contributed by atoms with Gasteiger partial charge in [-0.1, -0.05) is 33.6 Å². The second-order valence-corrected chi connectivity index (χ2v) is 6.61. The summed E-state index contributed by atoms with van der Waals surface area (Å²) < 4.78 is 5.95. The smallest absolute Gasteiger partial charge is 0.0684 e. The van der Waals surface area contributed by atoms with Crippen LogP contribution in [0.25, 0.3) is 0 Å². The zero-order chi connectivity index (χ0) is 12.5. The largest absolute Gasteiger partial charge is 0.377 e. The van der Waals surface area contributed by atoms with E-state index >= 15 is 0 Å². The van der Waals surface area contributed by atoms with Gasteiger partial charge in [0.1, 0.15) is 0 Å². The summed E-state index contributed by atoms with van der Waals surface area (Å²) in [5.74, 6) is 0.767. The minimum absolute atomic E-state index is 0.325. The summed E-state index contributed by atoms with van der Waals surface area (Å²) in [7, 11) is 0. The average molecular weight is 239 g/mol. The first-order chi connectivity index (χ1) is 8.07. The predicted molar refractivity (Wildman–Crippen MR) is 72.2 cm³/mol. The highest BCUT2D eigenvalue weighted by molar-refractivity contribution is 5.10.